The number of hydrogen-bond donors (Lipinski definition) is 1. The minimum Gasteiger partial charge on any atom is -0.496 e. The molecule has 0 atom stereocenters. The highest BCUT2D eigenvalue weighted by molar-refractivity contribution is 5.99. The molecule has 4 rings (SSSR count). The monoisotopic (exact) mass is 464 g/mol. The molecule has 2 amide bonds. The van der Waals surface area contributed by atoms with Gasteiger partial charge in [0.25, 0.3) is 11.8 Å². The molecule has 0 bridgehead atoms. The highest BCUT2D eigenvalue weighted by Crippen LogP contribution is 2.31. The summed E-state index contributed by atoms with van der Waals surface area (Å²) in [6.45, 7) is 2.13. The minimum atomic E-state index is -0.0609. The standard InChI is InChI=1S/C26H32N4O4/c1-33-21-7-5-8-22(34-2)24(21)26(32)29-15-11-19(12-16-29)6-3-4-13-28-25(31)20-9-10-23-27-14-17-30(23)18-20/h5,7-10,14,17-19H,3-4,6,11-13,15-16H2,1-2H3,(H,28,31). The number of pyridine rings is 1. The number of likely N-dealkylation sites (tertiary alicyclic amines) is 1. The van der Waals surface area contributed by atoms with Gasteiger partial charge in [-0.2, -0.15) is 0 Å². The van der Waals surface area contributed by atoms with E-state index in [0.717, 1.165) is 50.8 Å². The van der Waals surface area contributed by atoms with Crippen molar-refractivity contribution in [3.63, 3.8) is 0 Å². The topological polar surface area (TPSA) is 85.2 Å². The van der Waals surface area contributed by atoms with Crippen LogP contribution in [-0.4, -0.2) is 60.0 Å². The van der Waals surface area contributed by atoms with Crippen LogP contribution in [0.1, 0.15) is 52.8 Å². The molecule has 8 nitrogen and oxygen atoms in total. The fourth-order valence-corrected chi connectivity index (χ4v) is 4.56. The summed E-state index contributed by atoms with van der Waals surface area (Å²) < 4.78 is 12.6. The fraction of sp³-hybridized carbons (Fsp3) is 0.423. The summed E-state index contributed by atoms with van der Waals surface area (Å²) in [6.07, 6.45) is 10.4. The van der Waals surface area contributed by atoms with E-state index in [4.69, 9.17) is 9.47 Å². The lowest BCUT2D eigenvalue weighted by atomic mass is 9.91. The van der Waals surface area contributed by atoms with Crippen LogP contribution in [0.25, 0.3) is 5.65 Å². The second kappa shape index (κ2) is 11.0. The van der Waals surface area contributed by atoms with E-state index in [2.05, 4.69) is 10.3 Å². The lowest BCUT2D eigenvalue weighted by Crippen LogP contribution is -2.38. The van der Waals surface area contributed by atoms with Crippen molar-refractivity contribution < 1.29 is 19.1 Å². The first-order chi connectivity index (χ1) is 16.6. The SMILES string of the molecule is COc1cccc(OC)c1C(=O)N1CCC(CCCCNC(=O)c2ccc3nccn3c2)CC1. The quantitative estimate of drug-likeness (QED) is 0.487. The number of carbonyl (C=O) groups is 2. The Morgan fingerprint density at radius 2 is 1.79 bits per heavy atom. The largest absolute Gasteiger partial charge is 0.496 e. The van der Waals surface area contributed by atoms with Gasteiger partial charge in [-0.1, -0.05) is 18.9 Å². The number of rotatable bonds is 9. The van der Waals surface area contributed by atoms with E-state index < -0.39 is 0 Å². The number of carbonyl (C=O) groups excluding carboxylic acids is 2. The smallest absolute Gasteiger partial charge is 0.261 e. The molecule has 0 aliphatic carbocycles. The van der Waals surface area contributed by atoms with E-state index in [1.807, 2.05) is 27.6 Å². The van der Waals surface area contributed by atoms with Crippen LogP contribution in [0.3, 0.4) is 0 Å². The Morgan fingerprint density at radius 3 is 2.50 bits per heavy atom. The maximum atomic E-state index is 13.1. The zero-order valence-corrected chi connectivity index (χ0v) is 19.8. The fourth-order valence-electron chi connectivity index (χ4n) is 4.56. The molecule has 1 aliphatic heterocycles. The average Bonchev–Trinajstić information content (AvgIpc) is 3.36. The number of nitrogens with one attached hydrogen (secondary N) is 1. The van der Waals surface area contributed by atoms with Gasteiger partial charge in [-0.3, -0.25) is 9.59 Å². The van der Waals surface area contributed by atoms with Crippen LogP contribution in [0.2, 0.25) is 0 Å². The van der Waals surface area contributed by atoms with Crippen LogP contribution in [-0.2, 0) is 0 Å². The minimum absolute atomic E-state index is 0.0376. The molecule has 1 fully saturated rings. The lowest BCUT2D eigenvalue weighted by Gasteiger charge is -2.32. The summed E-state index contributed by atoms with van der Waals surface area (Å²) in [5.74, 6) is 1.58. The van der Waals surface area contributed by atoms with Gasteiger partial charge < -0.3 is 24.1 Å². The predicted octanol–water partition coefficient (Wildman–Crippen LogP) is 3.80. The van der Waals surface area contributed by atoms with Crippen molar-refractivity contribution in [3.8, 4) is 11.5 Å². The molecule has 1 aliphatic rings. The Labute approximate surface area is 199 Å². The Bertz CT molecular complexity index is 1110. The second-order valence-electron chi connectivity index (χ2n) is 8.64. The number of benzene rings is 1. The Morgan fingerprint density at radius 1 is 1.06 bits per heavy atom. The molecule has 1 aromatic carbocycles. The number of ether oxygens (including phenoxy) is 2. The summed E-state index contributed by atoms with van der Waals surface area (Å²) in [5.41, 5.74) is 1.95. The van der Waals surface area contributed by atoms with Gasteiger partial charge >= 0.3 is 0 Å². The molecular weight excluding hydrogens is 432 g/mol. The summed E-state index contributed by atoms with van der Waals surface area (Å²) in [6, 6.07) is 9.04. The third kappa shape index (κ3) is 5.32. The Balaban J connectivity index is 1.18. The number of piperidine rings is 1. The molecule has 3 aromatic rings. The van der Waals surface area contributed by atoms with E-state index in [9.17, 15) is 9.59 Å². The van der Waals surface area contributed by atoms with Crippen molar-refractivity contribution in [3.05, 3.63) is 60.0 Å². The van der Waals surface area contributed by atoms with Crippen molar-refractivity contribution in [1.29, 1.82) is 0 Å². The second-order valence-corrected chi connectivity index (χ2v) is 8.64. The maximum absolute atomic E-state index is 13.1. The highest BCUT2D eigenvalue weighted by atomic mass is 16.5. The van der Waals surface area contributed by atoms with Crippen molar-refractivity contribution in [2.75, 3.05) is 33.9 Å². The first kappa shape index (κ1) is 23.6. The van der Waals surface area contributed by atoms with Crippen LogP contribution < -0.4 is 14.8 Å². The van der Waals surface area contributed by atoms with E-state index in [0.29, 0.717) is 35.1 Å². The number of nitrogens with zero attached hydrogens (tertiary/aromatic N) is 3. The molecule has 0 saturated carbocycles. The van der Waals surface area contributed by atoms with Gasteiger partial charge in [0.2, 0.25) is 0 Å². The normalized spacial score (nSPS) is 14.2. The van der Waals surface area contributed by atoms with Crippen LogP contribution >= 0.6 is 0 Å². The number of imidazole rings is 1. The summed E-state index contributed by atoms with van der Waals surface area (Å²) in [4.78, 5) is 31.6. The van der Waals surface area contributed by atoms with Crippen LogP contribution in [0.5, 0.6) is 11.5 Å². The van der Waals surface area contributed by atoms with Gasteiger partial charge in [0.15, 0.2) is 0 Å². The number of methoxy groups -OCH3 is 2. The van der Waals surface area contributed by atoms with Crippen molar-refractivity contribution in [1.82, 2.24) is 19.6 Å². The molecule has 2 aromatic heterocycles. The zero-order chi connectivity index (χ0) is 23.9. The van der Waals surface area contributed by atoms with E-state index in [-0.39, 0.29) is 11.8 Å². The summed E-state index contributed by atoms with van der Waals surface area (Å²) in [7, 11) is 3.14. The van der Waals surface area contributed by atoms with Crippen molar-refractivity contribution >= 4 is 17.5 Å². The first-order valence-corrected chi connectivity index (χ1v) is 11.8. The third-order valence-corrected chi connectivity index (χ3v) is 6.52. The lowest BCUT2D eigenvalue weighted by molar-refractivity contribution is 0.0679. The number of unbranched alkanes of at least 4 members (excludes halogenated alkanes) is 1. The van der Waals surface area contributed by atoms with Crippen LogP contribution in [0, 0.1) is 5.92 Å². The van der Waals surface area contributed by atoms with E-state index in [1.54, 1.807) is 44.8 Å². The molecule has 34 heavy (non-hydrogen) atoms. The molecule has 0 radical (unpaired) electrons. The predicted molar refractivity (Wildman–Crippen MR) is 130 cm³/mol. The first-order valence-electron chi connectivity index (χ1n) is 11.8. The van der Waals surface area contributed by atoms with Gasteiger partial charge in [0, 0.05) is 38.2 Å². The van der Waals surface area contributed by atoms with Gasteiger partial charge in [0.1, 0.15) is 22.7 Å². The molecule has 8 heteroatoms. The molecule has 180 valence electrons. The maximum Gasteiger partial charge on any atom is 0.261 e. The van der Waals surface area contributed by atoms with E-state index in [1.165, 1.54) is 0 Å². The van der Waals surface area contributed by atoms with Gasteiger partial charge in [-0.25, -0.2) is 4.98 Å². The molecule has 3 heterocycles. The summed E-state index contributed by atoms with van der Waals surface area (Å²) >= 11 is 0. The average molecular weight is 465 g/mol. The number of hydrogen-bond acceptors (Lipinski definition) is 5. The zero-order valence-electron chi connectivity index (χ0n) is 19.8. The Kier molecular flexibility index (Phi) is 7.67. The van der Waals surface area contributed by atoms with Crippen LogP contribution in [0.15, 0.2) is 48.9 Å². The van der Waals surface area contributed by atoms with Gasteiger partial charge in [-0.15, -0.1) is 0 Å². The van der Waals surface area contributed by atoms with Gasteiger partial charge in [0.05, 0.1) is 19.8 Å². The molecule has 1 saturated heterocycles. The molecule has 1 N–H and O–H groups in total. The van der Waals surface area contributed by atoms with Crippen molar-refractivity contribution in [2.45, 2.75) is 32.1 Å². The number of amides is 2. The van der Waals surface area contributed by atoms with Crippen molar-refractivity contribution in [2.24, 2.45) is 5.92 Å². The van der Waals surface area contributed by atoms with Crippen LogP contribution in [0.4, 0.5) is 0 Å². The molecule has 0 unspecified atom stereocenters. The number of aromatic nitrogens is 2. The van der Waals surface area contributed by atoms with E-state index >= 15 is 0 Å². The summed E-state index contributed by atoms with van der Waals surface area (Å²) in [5, 5.41) is 3.01. The Hall–Kier alpha value is -3.55. The van der Waals surface area contributed by atoms with Gasteiger partial charge in [-0.05, 0) is 49.4 Å². The number of fused-ring (bicyclic) bond motifs is 1. The third-order valence-electron chi connectivity index (χ3n) is 6.52. The molecular formula is C26H32N4O4. The highest BCUT2D eigenvalue weighted by Gasteiger charge is 2.27. The molecule has 0 spiro atoms.